The molecule has 1 atom stereocenters. The first-order valence-electron chi connectivity index (χ1n) is 6.53. The number of nitrogens with two attached hydrogens (primary N) is 1. The molecule has 0 bridgehead atoms. The van der Waals surface area contributed by atoms with Gasteiger partial charge in [-0.1, -0.05) is 18.2 Å². The molecule has 1 aromatic rings. The Morgan fingerprint density at radius 2 is 1.89 bits per heavy atom. The van der Waals surface area contributed by atoms with E-state index in [4.69, 9.17) is 5.73 Å². The molecule has 5 heteroatoms. The maximum absolute atomic E-state index is 11.5. The number of piperidine rings is 1. The second-order valence-corrected chi connectivity index (χ2v) is 4.89. The van der Waals surface area contributed by atoms with Gasteiger partial charge in [0.05, 0.1) is 6.04 Å². The lowest BCUT2D eigenvalue weighted by molar-refractivity contribution is -0.122. The highest BCUT2D eigenvalue weighted by atomic mass is 35.5. The molecule has 0 aliphatic carbocycles. The maximum Gasteiger partial charge on any atom is 0.236 e. The van der Waals surface area contributed by atoms with Crippen molar-refractivity contribution in [3.8, 4) is 0 Å². The highest BCUT2D eigenvalue weighted by molar-refractivity contribution is 5.85. The largest absolute Gasteiger partial charge is 0.371 e. The summed E-state index contributed by atoms with van der Waals surface area (Å²) in [5, 5.41) is 3.00. The molecule has 4 nitrogen and oxygen atoms in total. The molecule has 0 aromatic heterocycles. The van der Waals surface area contributed by atoms with Crippen LogP contribution in [0.1, 0.15) is 19.8 Å². The van der Waals surface area contributed by atoms with Crippen molar-refractivity contribution >= 4 is 24.0 Å². The third kappa shape index (κ3) is 4.40. The Kier molecular flexibility index (Phi) is 6.12. The summed E-state index contributed by atoms with van der Waals surface area (Å²) >= 11 is 0. The quantitative estimate of drug-likeness (QED) is 0.885. The zero-order valence-corrected chi connectivity index (χ0v) is 12.0. The summed E-state index contributed by atoms with van der Waals surface area (Å²) in [6.45, 7) is 3.68. The first-order valence-corrected chi connectivity index (χ1v) is 6.53. The van der Waals surface area contributed by atoms with E-state index in [-0.39, 0.29) is 24.4 Å². The summed E-state index contributed by atoms with van der Waals surface area (Å²) in [5.74, 6) is -0.0480. The lowest BCUT2D eigenvalue weighted by Crippen LogP contribution is -2.48. The van der Waals surface area contributed by atoms with Gasteiger partial charge >= 0.3 is 0 Å². The molecular formula is C14H22ClN3O. The average molecular weight is 284 g/mol. The summed E-state index contributed by atoms with van der Waals surface area (Å²) in [6, 6.07) is 10.2. The highest BCUT2D eigenvalue weighted by Crippen LogP contribution is 2.19. The topological polar surface area (TPSA) is 58.4 Å². The van der Waals surface area contributed by atoms with Crippen LogP contribution >= 0.6 is 12.4 Å². The molecule has 0 spiro atoms. The van der Waals surface area contributed by atoms with E-state index in [1.165, 1.54) is 5.69 Å². The highest BCUT2D eigenvalue weighted by Gasteiger charge is 2.21. The molecule has 3 N–H and O–H groups in total. The number of amides is 1. The summed E-state index contributed by atoms with van der Waals surface area (Å²) in [4.78, 5) is 13.9. The molecule has 1 saturated heterocycles. The lowest BCUT2D eigenvalue weighted by Gasteiger charge is -2.34. The molecule has 1 amide bonds. The van der Waals surface area contributed by atoms with Crippen LogP contribution in [0.3, 0.4) is 0 Å². The zero-order chi connectivity index (χ0) is 13.0. The van der Waals surface area contributed by atoms with Gasteiger partial charge in [0.15, 0.2) is 0 Å². The molecule has 1 heterocycles. The van der Waals surface area contributed by atoms with E-state index in [1.54, 1.807) is 6.92 Å². The van der Waals surface area contributed by atoms with Crippen LogP contribution in [0.2, 0.25) is 0 Å². The van der Waals surface area contributed by atoms with Crippen LogP contribution in [0.4, 0.5) is 5.69 Å². The summed E-state index contributed by atoms with van der Waals surface area (Å²) < 4.78 is 0. The van der Waals surface area contributed by atoms with Crippen LogP contribution in [-0.2, 0) is 4.79 Å². The van der Waals surface area contributed by atoms with Gasteiger partial charge in [-0.15, -0.1) is 12.4 Å². The Hall–Kier alpha value is -1.26. The molecule has 0 saturated carbocycles. The van der Waals surface area contributed by atoms with Gasteiger partial charge in [-0.25, -0.2) is 0 Å². The van der Waals surface area contributed by atoms with Gasteiger partial charge in [-0.2, -0.15) is 0 Å². The second kappa shape index (κ2) is 7.36. The molecule has 0 radical (unpaired) electrons. The smallest absolute Gasteiger partial charge is 0.236 e. The fourth-order valence-electron chi connectivity index (χ4n) is 2.25. The van der Waals surface area contributed by atoms with Gasteiger partial charge in [0.25, 0.3) is 0 Å². The predicted molar refractivity (Wildman–Crippen MR) is 80.7 cm³/mol. The monoisotopic (exact) mass is 283 g/mol. The number of rotatable bonds is 3. The number of carbonyl (C=O) groups is 1. The van der Waals surface area contributed by atoms with Gasteiger partial charge < -0.3 is 16.0 Å². The minimum atomic E-state index is -0.419. The van der Waals surface area contributed by atoms with E-state index < -0.39 is 6.04 Å². The van der Waals surface area contributed by atoms with Gasteiger partial charge in [0.2, 0.25) is 5.91 Å². The van der Waals surface area contributed by atoms with Crippen molar-refractivity contribution < 1.29 is 4.79 Å². The summed E-state index contributed by atoms with van der Waals surface area (Å²) in [6.07, 6.45) is 1.96. The number of nitrogens with one attached hydrogen (secondary N) is 1. The average Bonchev–Trinajstić information content (AvgIpc) is 2.40. The third-order valence-corrected chi connectivity index (χ3v) is 3.38. The zero-order valence-electron chi connectivity index (χ0n) is 11.2. The Bertz CT molecular complexity index is 389. The van der Waals surface area contributed by atoms with E-state index in [2.05, 4.69) is 34.5 Å². The molecule has 1 aliphatic heterocycles. The van der Waals surface area contributed by atoms with Crippen molar-refractivity contribution in [1.29, 1.82) is 0 Å². The van der Waals surface area contributed by atoms with Crippen LogP contribution < -0.4 is 16.0 Å². The minimum Gasteiger partial charge on any atom is -0.371 e. The van der Waals surface area contributed by atoms with Crippen molar-refractivity contribution in [1.82, 2.24) is 5.32 Å². The number of carbonyl (C=O) groups excluding carboxylic acids is 1. The number of nitrogens with zero attached hydrogens (tertiary/aromatic N) is 1. The van der Waals surface area contributed by atoms with E-state index in [0.29, 0.717) is 0 Å². The van der Waals surface area contributed by atoms with E-state index in [1.807, 2.05) is 6.07 Å². The second-order valence-electron chi connectivity index (χ2n) is 4.89. The lowest BCUT2D eigenvalue weighted by atomic mass is 10.0. The standard InChI is InChI=1S/C14H21N3O.ClH/c1-11(15)14(18)16-12-7-9-17(10-8-12)13-5-3-2-4-6-13;/h2-6,11-12H,7-10,15H2,1H3,(H,16,18);1H. The number of anilines is 1. The molecular weight excluding hydrogens is 262 g/mol. The molecule has 1 unspecified atom stereocenters. The van der Waals surface area contributed by atoms with Crippen LogP contribution in [0.15, 0.2) is 30.3 Å². The first kappa shape index (κ1) is 15.8. The first-order chi connectivity index (χ1) is 8.66. The number of para-hydroxylation sites is 1. The van der Waals surface area contributed by atoms with E-state index >= 15 is 0 Å². The van der Waals surface area contributed by atoms with Crippen molar-refractivity contribution in [2.24, 2.45) is 5.73 Å². The summed E-state index contributed by atoms with van der Waals surface area (Å²) in [5.41, 5.74) is 6.81. The Morgan fingerprint density at radius 1 is 1.32 bits per heavy atom. The SMILES string of the molecule is CC(N)C(=O)NC1CCN(c2ccccc2)CC1.Cl. The van der Waals surface area contributed by atoms with Crippen molar-refractivity contribution in [2.75, 3.05) is 18.0 Å². The van der Waals surface area contributed by atoms with Gasteiger partial charge in [0.1, 0.15) is 0 Å². The van der Waals surface area contributed by atoms with Crippen LogP contribution in [0.25, 0.3) is 0 Å². The predicted octanol–water partition coefficient (Wildman–Crippen LogP) is 1.54. The van der Waals surface area contributed by atoms with Crippen molar-refractivity contribution in [3.63, 3.8) is 0 Å². The molecule has 1 aromatic carbocycles. The van der Waals surface area contributed by atoms with Crippen LogP contribution in [0, 0.1) is 0 Å². The van der Waals surface area contributed by atoms with Gasteiger partial charge in [-0.05, 0) is 31.9 Å². The number of benzene rings is 1. The normalized spacial score (nSPS) is 17.5. The molecule has 2 rings (SSSR count). The fraction of sp³-hybridized carbons (Fsp3) is 0.500. The fourth-order valence-corrected chi connectivity index (χ4v) is 2.25. The number of hydrogen-bond acceptors (Lipinski definition) is 3. The molecule has 19 heavy (non-hydrogen) atoms. The van der Waals surface area contributed by atoms with E-state index in [0.717, 1.165) is 25.9 Å². The van der Waals surface area contributed by atoms with Gasteiger partial charge in [0, 0.05) is 24.8 Å². The summed E-state index contributed by atoms with van der Waals surface area (Å²) in [7, 11) is 0. The van der Waals surface area contributed by atoms with Crippen LogP contribution in [-0.4, -0.2) is 31.1 Å². The van der Waals surface area contributed by atoms with E-state index in [9.17, 15) is 4.79 Å². The molecule has 1 fully saturated rings. The van der Waals surface area contributed by atoms with Crippen molar-refractivity contribution in [2.45, 2.75) is 31.8 Å². The van der Waals surface area contributed by atoms with Crippen molar-refractivity contribution in [3.05, 3.63) is 30.3 Å². The van der Waals surface area contributed by atoms with Crippen LogP contribution in [0.5, 0.6) is 0 Å². The Labute approximate surface area is 120 Å². The Morgan fingerprint density at radius 3 is 2.42 bits per heavy atom. The maximum atomic E-state index is 11.5. The molecule has 106 valence electrons. The number of hydrogen-bond donors (Lipinski definition) is 2. The van der Waals surface area contributed by atoms with Gasteiger partial charge in [-0.3, -0.25) is 4.79 Å². The Balaban J connectivity index is 0.00000180. The molecule has 1 aliphatic rings. The third-order valence-electron chi connectivity index (χ3n) is 3.38. The number of halogens is 1. The minimum absolute atomic E-state index is 0.